The first-order valence-electron chi connectivity index (χ1n) is 5.00. The Morgan fingerprint density at radius 2 is 2.50 bits per heavy atom. The average Bonchev–Trinajstić information content (AvgIpc) is 2.84. The molecule has 0 saturated carbocycles. The fraction of sp³-hybridized carbons (Fsp3) is 0.500. The number of hydrogen-bond acceptors (Lipinski definition) is 3. The molecule has 1 aliphatic heterocycles. The summed E-state index contributed by atoms with van der Waals surface area (Å²) in [7, 11) is 0. The second kappa shape index (κ2) is 6.59. The Labute approximate surface area is 114 Å². The lowest BCUT2D eigenvalue weighted by Gasteiger charge is -2.09. The number of thiophene rings is 1. The van der Waals surface area contributed by atoms with Gasteiger partial charge in [0.05, 0.1) is 12.6 Å². The van der Waals surface area contributed by atoms with E-state index in [1.54, 1.807) is 11.3 Å². The van der Waals surface area contributed by atoms with Crippen molar-refractivity contribution in [1.82, 2.24) is 10.6 Å². The number of carbonyl (C=O) groups excluding carboxylic acids is 1. The van der Waals surface area contributed by atoms with Gasteiger partial charge in [-0.15, -0.1) is 23.7 Å². The number of nitrogens with one attached hydrogen (secondary N) is 2. The third kappa shape index (κ3) is 3.73. The second-order valence-electron chi connectivity index (χ2n) is 3.60. The number of rotatable bonds is 3. The summed E-state index contributed by atoms with van der Waals surface area (Å²) < 4.78 is 1.08. The number of carbonyl (C=O) groups is 1. The number of amides is 1. The van der Waals surface area contributed by atoms with Crippen LogP contribution in [0.15, 0.2) is 15.9 Å². The van der Waals surface area contributed by atoms with E-state index < -0.39 is 0 Å². The molecule has 0 aromatic carbocycles. The van der Waals surface area contributed by atoms with Gasteiger partial charge in [-0.1, -0.05) is 0 Å². The highest BCUT2D eigenvalue weighted by atomic mass is 79.9. The Morgan fingerprint density at radius 3 is 3.06 bits per heavy atom. The lowest BCUT2D eigenvalue weighted by Crippen LogP contribution is -2.39. The van der Waals surface area contributed by atoms with Crippen LogP contribution < -0.4 is 10.6 Å². The van der Waals surface area contributed by atoms with Crippen LogP contribution in [-0.2, 0) is 11.3 Å². The van der Waals surface area contributed by atoms with Gasteiger partial charge in [-0.25, -0.2) is 0 Å². The van der Waals surface area contributed by atoms with Crippen LogP contribution >= 0.6 is 39.7 Å². The first-order chi connectivity index (χ1) is 7.25. The molecule has 3 nitrogen and oxygen atoms in total. The zero-order valence-corrected chi connectivity index (χ0v) is 11.9. The van der Waals surface area contributed by atoms with Crippen LogP contribution in [0.4, 0.5) is 0 Å². The monoisotopic (exact) mass is 324 g/mol. The van der Waals surface area contributed by atoms with E-state index in [0.29, 0.717) is 6.54 Å². The van der Waals surface area contributed by atoms with Crippen molar-refractivity contribution < 1.29 is 4.79 Å². The van der Waals surface area contributed by atoms with Crippen LogP contribution in [0, 0.1) is 0 Å². The molecule has 2 N–H and O–H groups in total. The quantitative estimate of drug-likeness (QED) is 0.895. The van der Waals surface area contributed by atoms with Crippen LogP contribution in [0.25, 0.3) is 0 Å². The number of hydrogen-bond donors (Lipinski definition) is 2. The molecule has 0 aliphatic carbocycles. The third-order valence-electron chi connectivity index (χ3n) is 2.44. The maximum absolute atomic E-state index is 11.6. The van der Waals surface area contributed by atoms with Gasteiger partial charge < -0.3 is 10.6 Å². The molecule has 1 atom stereocenters. The zero-order valence-electron chi connectivity index (χ0n) is 8.66. The Balaban J connectivity index is 0.00000128. The summed E-state index contributed by atoms with van der Waals surface area (Å²) in [5.41, 5.74) is 0. The van der Waals surface area contributed by atoms with Gasteiger partial charge >= 0.3 is 0 Å². The molecule has 0 bridgehead atoms. The first kappa shape index (κ1) is 14.0. The van der Waals surface area contributed by atoms with E-state index in [4.69, 9.17) is 0 Å². The molecule has 16 heavy (non-hydrogen) atoms. The highest BCUT2D eigenvalue weighted by molar-refractivity contribution is 9.10. The van der Waals surface area contributed by atoms with Crippen molar-refractivity contribution in [2.45, 2.75) is 25.4 Å². The molecule has 1 amide bonds. The van der Waals surface area contributed by atoms with Crippen molar-refractivity contribution in [2.24, 2.45) is 0 Å². The fourth-order valence-electron chi connectivity index (χ4n) is 1.65. The van der Waals surface area contributed by atoms with E-state index in [0.717, 1.165) is 23.9 Å². The van der Waals surface area contributed by atoms with Crippen LogP contribution in [0.3, 0.4) is 0 Å². The van der Waals surface area contributed by atoms with Crippen LogP contribution in [0.5, 0.6) is 0 Å². The lowest BCUT2D eigenvalue weighted by molar-refractivity contribution is -0.122. The van der Waals surface area contributed by atoms with Gasteiger partial charge in [0.1, 0.15) is 0 Å². The fourth-order valence-corrected chi connectivity index (χ4v) is 3.04. The molecule has 0 unspecified atom stereocenters. The van der Waals surface area contributed by atoms with Gasteiger partial charge in [-0.05, 0) is 41.4 Å². The smallest absolute Gasteiger partial charge is 0.237 e. The molecule has 2 heterocycles. The van der Waals surface area contributed by atoms with E-state index in [-0.39, 0.29) is 24.4 Å². The van der Waals surface area contributed by atoms with Crippen molar-refractivity contribution in [3.05, 3.63) is 20.8 Å². The van der Waals surface area contributed by atoms with Crippen molar-refractivity contribution in [3.63, 3.8) is 0 Å². The van der Waals surface area contributed by atoms with E-state index in [2.05, 4.69) is 26.6 Å². The van der Waals surface area contributed by atoms with Crippen molar-refractivity contribution in [1.29, 1.82) is 0 Å². The Morgan fingerprint density at radius 1 is 1.69 bits per heavy atom. The summed E-state index contributed by atoms with van der Waals surface area (Å²) in [5, 5.41) is 8.15. The summed E-state index contributed by atoms with van der Waals surface area (Å²) in [5.74, 6) is 0.122. The minimum absolute atomic E-state index is 0. The van der Waals surface area contributed by atoms with Crippen molar-refractivity contribution >= 4 is 45.6 Å². The largest absolute Gasteiger partial charge is 0.350 e. The summed E-state index contributed by atoms with van der Waals surface area (Å²) in [6.45, 7) is 1.59. The predicted molar refractivity (Wildman–Crippen MR) is 72.1 cm³/mol. The molecule has 0 spiro atoms. The van der Waals surface area contributed by atoms with Gasteiger partial charge in [-0.2, -0.15) is 0 Å². The van der Waals surface area contributed by atoms with Gasteiger partial charge in [0.15, 0.2) is 0 Å². The van der Waals surface area contributed by atoms with E-state index in [9.17, 15) is 4.79 Å². The number of halogens is 2. The average molecular weight is 326 g/mol. The SMILES string of the molecule is Cl.O=C(NCc1cc(Br)cs1)[C@@H]1CCCN1. The maximum atomic E-state index is 11.6. The maximum Gasteiger partial charge on any atom is 0.237 e. The second-order valence-corrected chi connectivity index (χ2v) is 5.51. The molecule has 1 aromatic rings. The molecule has 1 saturated heterocycles. The molecule has 1 aliphatic rings. The highest BCUT2D eigenvalue weighted by Crippen LogP contribution is 2.19. The molecular weight excluding hydrogens is 312 g/mol. The minimum Gasteiger partial charge on any atom is -0.350 e. The van der Waals surface area contributed by atoms with Gasteiger partial charge in [0.2, 0.25) is 5.91 Å². The van der Waals surface area contributed by atoms with Gasteiger partial charge in [0, 0.05) is 14.7 Å². The minimum atomic E-state index is 0. The van der Waals surface area contributed by atoms with Gasteiger partial charge in [0.25, 0.3) is 0 Å². The van der Waals surface area contributed by atoms with Crippen LogP contribution in [-0.4, -0.2) is 18.5 Å². The molecule has 2 rings (SSSR count). The summed E-state index contributed by atoms with van der Waals surface area (Å²) in [6.07, 6.45) is 2.06. The van der Waals surface area contributed by atoms with Crippen LogP contribution in [0.1, 0.15) is 17.7 Å². The van der Waals surface area contributed by atoms with E-state index >= 15 is 0 Å². The van der Waals surface area contributed by atoms with E-state index in [1.807, 2.05) is 11.4 Å². The standard InChI is InChI=1S/C10H13BrN2OS.ClH/c11-7-4-8(15-6-7)5-13-10(14)9-2-1-3-12-9;/h4,6,9,12H,1-3,5H2,(H,13,14);1H/t9-;/m0./s1. The first-order valence-corrected chi connectivity index (χ1v) is 6.67. The predicted octanol–water partition coefficient (Wildman–Crippen LogP) is 2.30. The summed E-state index contributed by atoms with van der Waals surface area (Å²) in [4.78, 5) is 12.8. The van der Waals surface area contributed by atoms with Crippen LogP contribution in [0.2, 0.25) is 0 Å². The van der Waals surface area contributed by atoms with Crippen molar-refractivity contribution in [3.8, 4) is 0 Å². The Bertz CT molecular complexity index is 352. The molecule has 1 fully saturated rings. The third-order valence-corrected chi connectivity index (χ3v) is 4.13. The molecular formula is C10H14BrClN2OS. The topological polar surface area (TPSA) is 41.1 Å². The Hall–Kier alpha value is -0.100. The van der Waals surface area contributed by atoms with Crippen molar-refractivity contribution in [2.75, 3.05) is 6.54 Å². The zero-order chi connectivity index (χ0) is 10.7. The molecule has 90 valence electrons. The highest BCUT2D eigenvalue weighted by Gasteiger charge is 2.21. The molecule has 1 aromatic heterocycles. The molecule has 6 heteroatoms. The Kier molecular flexibility index (Phi) is 5.75. The normalized spacial score (nSPS) is 19.2. The van der Waals surface area contributed by atoms with Gasteiger partial charge in [-0.3, -0.25) is 4.79 Å². The summed E-state index contributed by atoms with van der Waals surface area (Å²) in [6, 6.07) is 2.06. The summed E-state index contributed by atoms with van der Waals surface area (Å²) >= 11 is 5.04. The molecule has 0 radical (unpaired) electrons. The lowest BCUT2D eigenvalue weighted by atomic mass is 10.2. The van der Waals surface area contributed by atoms with E-state index in [1.165, 1.54) is 4.88 Å².